The maximum Gasteiger partial charge on any atom is 0.421 e. The number of ether oxygens (including phenoxy) is 1. The van der Waals surface area contributed by atoms with E-state index in [0.717, 1.165) is 27.2 Å². The first kappa shape index (κ1) is 20.6. The molecule has 0 unspecified atom stereocenters. The van der Waals surface area contributed by atoms with Crippen LogP contribution in [-0.4, -0.2) is 50.3 Å². The van der Waals surface area contributed by atoms with E-state index in [-0.39, 0.29) is 5.82 Å². The Morgan fingerprint density at radius 1 is 1.06 bits per heavy atom. The predicted molar refractivity (Wildman–Crippen MR) is 123 cm³/mol. The van der Waals surface area contributed by atoms with E-state index in [4.69, 9.17) is 14.1 Å². The summed E-state index contributed by atoms with van der Waals surface area (Å²) in [4.78, 5) is 23.8. The molecule has 0 aliphatic carbocycles. The van der Waals surface area contributed by atoms with Crippen LogP contribution in [0.1, 0.15) is 0 Å². The lowest BCUT2D eigenvalue weighted by Gasteiger charge is -2.27. The minimum absolute atomic E-state index is 0.335. The molecule has 34 heavy (non-hydrogen) atoms. The molecular weight excluding hydrogens is 441 g/mol. The zero-order valence-electron chi connectivity index (χ0n) is 18.0. The van der Waals surface area contributed by atoms with Crippen LogP contribution in [0.4, 0.5) is 10.2 Å². The smallest absolute Gasteiger partial charge is 0.408 e. The zero-order valence-corrected chi connectivity index (χ0v) is 18.0. The maximum atomic E-state index is 13.7. The molecule has 0 radical (unpaired) electrons. The summed E-state index contributed by atoms with van der Waals surface area (Å²) in [6.07, 6.45) is 3.55. The Hall–Kier alpha value is -4.02. The summed E-state index contributed by atoms with van der Waals surface area (Å²) >= 11 is 0. The number of oxazole rings is 1. The van der Waals surface area contributed by atoms with E-state index >= 15 is 0 Å². The maximum absolute atomic E-state index is 13.7. The lowest BCUT2D eigenvalue weighted by molar-refractivity contribution is 0.122. The Balaban J connectivity index is 1.61. The Morgan fingerprint density at radius 3 is 2.59 bits per heavy atom. The first-order chi connectivity index (χ1) is 16.6. The molecule has 0 bridgehead atoms. The summed E-state index contributed by atoms with van der Waals surface area (Å²) in [6, 6.07) is 11.5. The Kier molecular flexibility index (Phi) is 4.89. The minimum atomic E-state index is -0.634. The quantitative estimate of drug-likeness (QED) is 0.440. The summed E-state index contributed by atoms with van der Waals surface area (Å²) in [6.45, 7) is 2.15. The van der Waals surface area contributed by atoms with E-state index in [2.05, 4.69) is 9.88 Å². The number of morpholine rings is 1. The molecule has 10 heteroatoms. The van der Waals surface area contributed by atoms with Crippen molar-refractivity contribution in [1.82, 2.24) is 18.9 Å². The molecule has 5 aromatic rings. The average molecular weight is 461 g/mol. The number of rotatable bonds is 4. The highest BCUT2D eigenvalue weighted by atomic mass is 19.1. The number of nitrogens with zero attached hydrogens (tertiary/aromatic N) is 5. The van der Waals surface area contributed by atoms with E-state index < -0.39 is 12.5 Å². The summed E-state index contributed by atoms with van der Waals surface area (Å²) in [5.41, 5.74) is 4.38. The fourth-order valence-corrected chi connectivity index (χ4v) is 4.39. The van der Waals surface area contributed by atoms with Crippen molar-refractivity contribution in [3.8, 4) is 22.5 Å². The third-order valence-electron chi connectivity index (χ3n) is 6.04. The second-order valence-electron chi connectivity index (χ2n) is 7.98. The number of fused-ring (bicyclic) bond motifs is 2. The Morgan fingerprint density at radius 2 is 1.82 bits per heavy atom. The standard InChI is InChI=1S/C24H20FN5O4/c25-17-4-1-15(2-5-17)20-21(16-3-6-18-19(13-16)34-24(32)30(18)14-31)29-8-7-26-22(23(29)27-20)28-9-11-33-12-10-28/h1-8,13,31H,9-12,14H2. The van der Waals surface area contributed by atoms with Crippen LogP contribution in [0, 0.1) is 5.82 Å². The number of aliphatic hydroxyl groups excluding tert-OH is 1. The number of imidazole rings is 1. The summed E-state index contributed by atoms with van der Waals surface area (Å²) in [5.74, 6) is -0.233. The molecule has 0 amide bonds. The molecular formula is C24H20FN5O4. The predicted octanol–water partition coefficient (Wildman–Crippen LogP) is 2.90. The molecule has 1 saturated heterocycles. The zero-order chi connectivity index (χ0) is 23.2. The van der Waals surface area contributed by atoms with Crippen molar-refractivity contribution < 1.29 is 18.7 Å². The van der Waals surface area contributed by atoms with E-state index in [1.807, 2.05) is 16.7 Å². The van der Waals surface area contributed by atoms with E-state index in [1.54, 1.807) is 30.5 Å². The molecule has 1 fully saturated rings. The fraction of sp³-hybridized carbons (Fsp3) is 0.208. The van der Waals surface area contributed by atoms with Gasteiger partial charge in [0.15, 0.2) is 17.0 Å². The number of aliphatic hydroxyl groups is 1. The number of aromatic nitrogens is 4. The largest absolute Gasteiger partial charge is 0.421 e. The highest BCUT2D eigenvalue weighted by molar-refractivity contribution is 5.88. The molecule has 4 heterocycles. The van der Waals surface area contributed by atoms with Gasteiger partial charge in [0.05, 0.1) is 30.1 Å². The molecule has 0 saturated carbocycles. The van der Waals surface area contributed by atoms with Crippen LogP contribution in [0.15, 0.2) is 64.1 Å². The first-order valence-electron chi connectivity index (χ1n) is 10.8. The van der Waals surface area contributed by atoms with Crippen LogP contribution in [-0.2, 0) is 11.5 Å². The van der Waals surface area contributed by atoms with Crippen molar-refractivity contribution >= 4 is 22.6 Å². The number of hydrogen-bond donors (Lipinski definition) is 1. The van der Waals surface area contributed by atoms with Crippen LogP contribution >= 0.6 is 0 Å². The van der Waals surface area contributed by atoms with Gasteiger partial charge in [0.25, 0.3) is 0 Å². The Bertz CT molecular complexity index is 1560. The highest BCUT2D eigenvalue weighted by Crippen LogP contribution is 2.36. The monoisotopic (exact) mass is 461 g/mol. The van der Waals surface area contributed by atoms with Gasteiger partial charge in [0.2, 0.25) is 0 Å². The number of anilines is 1. The van der Waals surface area contributed by atoms with Crippen LogP contribution < -0.4 is 10.7 Å². The van der Waals surface area contributed by atoms with Crippen LogP contribution in [0.25, 0.3) is 39.3 Å². The van der Waals surface area contributed by atoms with Crippen LogP contribution in [0.2, 0.25) is 0 Å². The van der Waals surface area contributed by atoms with Crippen molar-refractivity contribution in [2.45, 2.75) is 6.73 Å². The minimum Gasteiger partial charge on any atom is -0.408 e. The Labute approximate surface area is 192 Å². The van der Waals surface area contributed by atoms with E-state index in [1.165, 1.54) is 12.1 Å². The lowest BCUT2D eigenvalue weighted by Crippen LogP contribution is -2.37. The SMILES string of the molecule is O=c1oc2cc(-c3c(-c4ccc(F)cc4)nc4c(N5CCOCC5)nccn34)ccc2n1CO. The summed E-state index contributed by atoms with van der Waals surface area (Å²) in [7, 11) is 0. The van der Waals surface area contributed by atoms with Gasteiger partial charge in [-0.25, -0.2) is 19.2 Å². The van der Waals surface area contributed by atoms with Gasteiger partial charge in [0, 0.05) is 36.6 Å². The van der Waals surface area contributed by atoms with Crippen LogP contribution in [0.3, 0.4) is 0 Å². The van der Waals surface area contributed by atoms with Gasteiger partial charge in [0.1, 0.15) is 12.5 Å². The molecule has 0 spiro atoms. The second kappa shape index (κ2) is 8.08. The molecule has 1 aliphatic rings. The van der Waals surface area contributed by atoms with Gasteiger partial charge < -0.3 is 19.2 Å². The van der Waals surface area contributed by atoms with Crippen molar-refractivity contribution in [1.29, 1.82) is 0 Å². The topological polar surface area (TPSA) is 98.0 Å². The van der Waals surface area contributed by atoms with Crippen molar-refractivity contribution in [3.63, 3.8) is 0 Å². The van der Waals surface area contributed by atoms with Gasteiger partial charge in [-0.2, -0.15) is 0 Å². The second-order valence-corrected chi connectivity index (χ2v) is 7.98. The number of halogens is 1. The summed E-state index contributed by atoms with van der Waals surface area (Å²) in [5, 5.41) is 9.51. The third-order valence-corrected chi connectivity index (χ3v) is 6.04. The van der Waals surface area contributed by atoms with Crippen molar-refractivity contribution in [2.24, 2.45) is 0 Å². The normalized spacial score (nSPS) is 14.4. The lowest BCUT2D eigenvalue weighted by atomic mass is 10.0. The van der Waals surface area contributed by atoms with Crippen molar-refractivity contribution in [3.05, 3.63) is 71.2 Å². The molecule has 1 aliphatic heterocycles. The molecule has 9 nitrogen and oxygen atoms in total. The molecule has 3 aromatic heterocycles. The van der Waals surface area contributed by atoms with E-state index in [9.17, 15) is 14.3 Å². The molecule has 0 atom stereocenters. The van der Waals surface area contributed by atoms with Gasteiger partial charge in [-0.15, -0.1) is 0 Å². The summed E-state index contributed by atoms with van der Waals surface area (Å²) < 4.78 is 27.6. The van der Waals surface area contributed by atoms with Gasteiger partial charge in [-0.3, -0.25) is 8.97 Å². The van der Waals surface area contributed by atoms with Gasteiger partial charge >= 0.3 is 5.76 Å². The van der Waals surface area contributed by atoms with Gasteiger partial charge in [-0.05, 0) is 36.4 Å². The van der Waals surface area contributed by atoms with E-state index in [0.29, 0.717) is 48.7 Å². The molecule has 6 rings (SSSR count). The highest BCUT2D eigenvalue weighted by Gasteiger charge is 2.23. The molecule has 172 valence electrons. The number of hydrogen-bond acceptors (Lipinski definition) is 7. The van der Waals surface area contributed by atoms with Crippen LogP contribution in [0.5, 0.6) is 0 Å². The third kappa shape index (κ3) is 3.27. The number of benzene rings is 2. The molecule has 1 N–H and O–H groups in total. The molecule has 2 aromatic carbocycles. The first-order valence-corrected chi connectivity index (χ1v) is 10.8. The van der Waals surface area contributed by atoms with Gasteiger partial charge in [-0.1, -0.05) is 6.07 Å². The average Bonchev–Trinajstić information content (AvgIpc) is 3.41. The fourth-order valence-electron chi connectivity index (χ4n) is 4.39. The van der Waals surface area contributed by atoms with Crippen molar-refractivity contribution in [2.75, 3.05) is 31.2 Å².